The molecule has 26 heavy (non-hydrogen) atoms. The molecule has 3 rings (SSSR count). The van der Waals surface area contributed by atoms with E-state index in [0.29, 0.717) is 26.2 Å². The maximum atomic E-state index is 12.6. The van der Waals surface area contributed by atoms with Crippen molar-refractivity contribution in [3.63, 3.8) is 0 Å². The molecule has 1 aromatic rings. The first-order valence-corrected chi connectivity index (χ1v) is 9.01. The maximum Gasteiger partial charge on any atom is 0.411 e. The Balaban J connectivity index is 1.60. The first-order valence-electron chi connectivity index (χ1n) is 9.01. The lowest BCUT2D eigenvalue weighted by molar-refractivity contribution is -0.0318. The predicted octanol–water partition coefficient (Wildman–Crippen LogP) is 2.22. The Morgan fingerprint density at radius 2 is 1.69 bits per heavy atom. The molecule has 2 fully saturated rings. The molecule has 2 unspecified atom stereocenters. The van der Waals surface area contributed by atoms with Crippen LogP contribution in [-0.2, 0) is 16.1 Å². The SMILES string of the molecule is CC(C)(C)OC(=O)N1C2CNCC1CN(C(=O)OCc1ccccc1)C2. The van der Waals surface area contributed by atoms with Gasteiger partial charge in [-0.05, 0) is 26.3 Å². The molecule has 1 aromatic carbocycles. The van der Waals surface area contributed by atoms with Gasteiger partial charge in [-0.1, -0.05) is 30.3 Å². The van der Waals surface area contributed by atoms with Crippen LogP contribution in [0.4, 0.5) is 9.59 Å². The number of benzene rings is 1. The van der Waals surface area contributed by atoms with Crippen LogP contribution in [0.15, 0.2) is 30.3 Å². The smallest absolute Gasteiger partial charge is 0.411 e. The van der Waals surface area contributed by atoms with E-state index in [4.69, 9.17) is 9.47 Å². The Bertz CT molecular complexity index is 630. The van der Waals surface area contributed by atoms with E-state index in [1.807, 2.05) is 51.1 Å². The van der Waals surface area contributed by atoms with E-state index in [1.54, 1.807) is 9.80 Å². The Labute approximate surface area is 154 Å². The van der Waals surface area contributed by atoms with E-state index in [-0.39, 0.29) is 30.9 Å². The molecule has 2 aliphatic rings. The van der Waals surface area contributed by atoms with E-state index >= 15 is 0 Å². The number of nitrogens with one attached hydrogen (secondary N) is 1. The molecule has 142 valence electrons. The number of amides is 2. The number of carbonyl (C=O) groups is 2. The average Bonchev–Trinajstić information content (AvgIpc) is 2.58. The number of rotatable bonds is 2. The van der Waals surface area contributed by atoms with Crippen LogP contribution >= 0.6 is 0 Å². The third-order valence-electron chi connectivity index (χ3n) is 4.48. The van der Waals surface area contributed by atoms with Gasteiger partial charge in [0.2, 0.25) is 0 Å². The molecule has 2 heterocycles. The van der Waals surface area contributed by atoms with Crippen LogP contribution in [0.1, 0.15) is 26.3 Å². The number of ether oxygens (including phenoxy) is 2. The number of hydrogen-bond acceptors (Lipinski definition) is 5. The lowest BCUT2D eigenvalue weighted by Gasteiger charge is -2.49. The zero-order chi connectivity index (χ0) is 18.7. The number of fused-ring (bicyclic) bond motifs is 2. The van der Waals surface area contributed by atoms with E-state index < -0.39 is 5.60 Å². The summed E-state index contributed by atoms with van der Waals surface area (Å²) in [5, 5.41) is 3.32. The van der Waals surface area contributed by atoms with E-state index in [1.165, 1.54) is 0 Å². The third-order valence-corrected chi connectivity index (χ3v) is 4.48. The summed E-state index contributed by atoms with van der Waals surface area (Å²) >= 11 is 0. The Morgan fingerprint density at radius 1 is 1.08 bits per heavy atom. The summed E-state index contributed by atoms with van der Waals surface area (Å²) in [5.74, 6) is 0. The van der Waals surface area contributed by atoms with Gasteiger partial charge in [0, 0.05) is 26.2 Å². The maximum absolute atomic E-state index is 12.6. The molecule has 2 aliphatic heterocycles. The number of carbonyl (C=O) groups excluding carboxylic acids is 2. The molecule has 0 spiro atoms. The van der Waals surface area contributed by atoms with Crippen LogP contribution in [0.25, 0.3) is 0 Å². The van der Waals surface area contributed by atoms with Gasteiger partial charge in [-0.3, -0.25) is 4.90 Å². The molecule has 1 N–H and O–H groups in total. The first-order chi connectivity index (χ1) is 12.3. The molecule has 0 radical (unpaired) electrons. The van der Waals surface area contributed by atoms with E-state index in [2.05, 4.69) is 5.32 Å². The largest absolute Gasteiger partial charge is 0.445 e. The fourth-order valence-electron chi connectivity index (χ4n) is 3.37. The van der Waals surface area contributed by atoms with Crippen molar-refractivity contribution in [2.75, 3.05) is 26.2 Å². The summed E-state index contributed by atoms with van der Waals surface area (Å²) in [6, 6.07) is 9.38. The van der Waals surface area contributed by atoms with Gasteiger partial charge in [0.05, 0.1) is 12.1 Å². The van der Waals surface area contributed by atoms with Crippen molar-refractivity contribution in [1.29, 1.82) is 0 Å². The van der Waals surface area contributed by atoms with Crippen LogP contribution in [0.5, 0.6) is 0 Å². The van der Waals surface area contributed by atoms with E-state index in [0.717, 1.165) is 5.56 Å². The molecular formula is C19H27N3O4. The summed E-state index contributed by atoms with van der Waals surface area (Å²) in [6.45, 7) is 7.98. The van der Waals surface area contributed by atoms with Crippen molar-refractivity contribution in [3.05, 3.63) is 35.9 Å². The van der Waals surface area contributed by atoms with Crippen molar-refractivity contribution < 1.29 is 19.1 Å². The van der Waals surface area contributed by atoms with Gasteiger partial charge in [-0.2, -0.15) is 0 Å². The molecule has 2 bridgehead atoms. The van der Waals surface area contributed by atoms with Crippen molar-refractivity contribution in [2.45, 2.75) is 45.1 Å². The highest BCUT2D eigenvalue weighted by Crippen LogP contribution is 2.23. The third kappa shape index (κ3) is 4.46. The van der Waals surface area contributed by atoms with Crippen molar-refractivity contribution in [2.24, 2.45) is 0 Å². The van der Waals surface area contributed by atoms with Crippen LogP contribution in [0, 0.1) is 0 Å². The topological polar surface area (TPSA) is 71.1 Å². The fraction of sp³-hybridized carbons (Fsp3) is 0.579. The minimum Gasteiger partial charge on any atom is -0.445 e. The molecule has 0 saturated carbocycles. The van der Waals surface area contributed by atoms with Gasteiger partial charge in [0.15, 0.2) is 0 Å². The van der Waals surface area contributed by atoms with Crippen molar-refractivity contribution in [1.82, 2.24) is 15.1 Å². The van der Waals surface area contributed by atoms with Gasteiger partial charge in [0.25, 0.3) is 0 Å². The minimum atomic E-state index is -0.537. The summed E-state index contributed by atoms with van der Waals surface area (Å²) in [7, 11) is 0. The highest BCUT2D eigenvalue weighted by Gasteiger charge is 2.43. The van der Waals surface area contributed by atoms with Crippen molar-refractivity contribution in [3.8, 4) is 0 Å². The monoisotopic (exact) mass is 361 g/mol. The Kier molecular flexibility index (Phi) is 5.36. The second-order valence-corrected chi connectivity index (χ2v) is 7.80. The minimum absolute atomic E-state index is 0.110. The highest BCUT2D eigenvalue weighted by atomic mass is 16.6. The summed E-state index contributed by atoms with van der Waals surface area (Å²) < 4.78 is 11.0. The predicted molar refractivity (Wildman–Crippen MR) is 96.7 cm³/mol. The number of hydrogen-bond donors (Lipinski definition) is 1. The van der Waals surface area contributed by atoms with Gasteiger partial charge < -0.3 is 19.7 Å². The summed E-state index contributed by atoms with van der Waals surface area (Å²) in [6.07, 6.45) is -0.652. The highest BCUT2D eigenvalue weighted by molar-refractivity contribution is 5.72. The molecule has 0 aliphatic carbocycles. The molecule has 0 aromatic heterocycles. The van der Waals surface area contributed by atoms with Gasteiger partial charge in [-0.25, -0.2) is 9.59 Å². The molecule has 7 nitrogen and oxygen atoms in total. The lowest BCUT2D eigenvalue weighted by Crippen LogP contribution is -2.70. The first kappa shape index (κ1) is 18.5. The normalized spacial score (nSPS) is 22.7. The van der Waals surface area contributed by atoms with Gasteiger partial charge in [-0.15, -0.1) is 0 Å². The quantitative estimate of drug-likeness (QED) is 0.875. The zero-order valence-electron chi connectivity index (χ0n) is 15.6. The molecular weight excluding hydrogens is 334 g/mol. The fourth-order valence-corrected chi connectivity index (χ4v) is 3.37. The Hall–Kier alpha value is -2.28. The van der Waals surface area contributed by atoms with Crippen LogP contribution in [-0.4, -0.2) is 65.9 Å². The zero-order valence-corrected chi connectivity index (χ0v) is 15.6. The standard InChI is InChI=1S/C19H27N3O4/c1-19(2,3)26-18(24)22-15-9-20-10-16(22)12-21(11-15)17(23)25-13-14-7-5-4-6-8-14/h4-8,15-16,20H,9-13H2,1-3H3. The number of nitrogens with zero attached hydrogens (tertiary/aromatic N) is 2. The second kappa shape index (κ2) is 7.53. The van der Waals surface area contributed by atoms with E-state index in [9.17, 15) is 9.59 Å². The van der Waals surface area contributed by atoms with Gasteiger partial charge >= 0.3 is 12.2 Å². The Morgan fingerprint density at radius 3 is 2.27 bits per heavy atom. The van der Waals surface area contributed by atoms with Crippen LogP contribution < -0.4 is 5.32 Å². The van der Waals surface area contributed by atoms with Crippen LogP contribution in [0.2, 0.25) is 0 Å². The lowest BCUT2D eigenvalue weighted by atomic mass is 10.0. The average molecular weight is 361 g/mol. The number of piperazine rings is 2. The van der Waals surface area contributed by atoms with Crippen molar-refractivity contribution >= 4 is 12.2 Å². The van der Waals surface area contributed by atoms with Crippen LogP contribution in [0.3, 0.4) is 0 Å². The molecule has 7 heteroatoms. The summed E-state index contributed by atoms with van der Waals surface area (Å²) in [5.41, 5.74) is 0.417. The second-order valence-electron chi connectivity index (χ2n) is 7.80. The summed E-state index contributed by atoms with van der Waals surface area (Å²) in [4.78, 5) is 28.5. The molecule has 2 saturated heterocycles. The van der Waals surface area contributed by atoms with Gasteiger partial charge in [0.1, 0.15) is 12.2 Å². The molecule has 2 atom stereocenters. The molecule has 2 amide bonds.